The maximum Gasteiger partial charge on any atom is 0.416 e. The number of rotatable bonds is 1. The largest absolute Gasteiger partial charge is 0.469 e. The Labute approximate surface area is 112 Å². The van der Waals surface area contributed by atoms with E-state index in [1.807, 2.05) is 0 Å². The Balaban J connectivity index is 2.11. The number of amides is 1. The molecule has 0 aliphatic carbocycles. The molecule has 3 rings (SSSR count). The number of benzene rings is 1. The molecule has 1 aromatic carbocycles. The van der Waals surface area contributed by atoms with E-state index >= 15 is 0 Å². The molecule has 3 nitrogen and oxygen atoms in total. The molecular weight excluding hydrogens is 271 g/mol. The molecule has 20 heavy (non-hydrogen) atoms. The molecule has 1 atom stereocenters. The summed E-state index contributed by atoms with van der Waals surface area (Å²) in [6, 6.07) is 6.62. The summed E-state index contributed by atoms with van der Waals surface area (Å²) in [5.41, 5.74) is 0.0916. The number of furan rings is 1. The molecule has 0 fully saturated rings. The Hall–Kier alpha value is -2.24. The lowest BCUT2D eigenvalue weighted by molar-refractivity contribution is -0.137. The average Bonchev–Trinajstić information content (AvgIpc) is 2.89. The molecule has 1 N–H and O–H groups in total. The number of nitrogens with one attached hydrogen (secondary N) is 1. The van der Waals surface area contributed by atoms with Crippen molar-refractivity contribution in [3.05, 3.63) is 53.5 Å². The summed E-state index contributed by atoms with van der Waals surface area (Å²) in [6.45, 7) is 0. The Bertz CT molecular complexity index is 647. The fraction of sp³-hybridized carbons (Fsp3) is 0.214. The van der Waals surface area contributed by atoms with E-state index < -0.39 is 17.7 Å². The molecule has 0 spiro atoms. The highest BCUT2D eigenvalue weighted by atomic mass is 19.4. The lowest BCUT2D eigenvalue weighted by Gasteiger charge is -2.25. The third kappa shape index (κ3) is 2.17. The molecule has 104 valence electrons. The monoisotopic (exact) mass is 281 g/mol. The quantitative estimate of drug-likeness (QED) is 0.864. The Kier molecular flexibility index (Phi) is 2.81. The van der Waals surface area contributed by atoms with Crippen LogP contribution in [0.2, 0.25) is 0 Å². The van der Waals surface area contributed by atoms with Gasteiger partial charge in [0.15, 0.2) is 0 Å². The maximum atomic E-state index is 12.8. The Morgan fingerprint density at radius 1 is 1.25 bits per heavy atom. The molecule has 0 saturated carbocycles. The first-order valence-corrected chi connectivity index (χ1v) is 5.99. The predicted octanol–water partition coefficient (Wildman–Crippen LogP) is 3.77. The minimum atomic E-state index is -4.41. The summed E-state index contributed by atoms with van der Waals surface area (Å²) in [4.78, 5) is 11.6. The molecule has 1 aliphatic rings. The number of carbonyl (C=O) groups is 1. The molecule has 0 radical (unpaired) electrons. The van der Waals surface area contributed by atoms with Gasteiger partial charge in [-0.15, -0.1) is 0 Å². The standard InChI is InChI=1S/C14H10F3NO2/c15-14(16,17)8-3-4-11-9(6-8)10(7-13(19)18-11)12-2-1-5-20-12/h1-6,10H,7H2,(H,18,19). The second kappa shape index (κ2) is 4.40. The lowest BCUT2D eigenvalue weighted by Crippen LogP contribution is -2.24. The van der Waals surface area contributed by atoms with E-state index in [1.54, 1.807) is 12.1 Å². The van der Waals surface area contributed by atoms with Gasteiger partial charge in [-0.3, -0.25) is 4.79 Å². The van der Waals surface area contributed by atoms with Crippen LogP contribution < -0.4 is 5.32 Å². The van der Waals surface area contributed by atoms with Crippen LogP contribution in [0.1, 0.15) is 29.2 Å². The minimum absolute atomic E-state index is 0.0713. The van der Waals surface area contributed by atoms with E-state index in [2.05, 4.69) is 5.32 Å². The van der Waals surface area contributed by atoms with Crippen molar-refractivity contribution in [3.63, 3.8) is 0 Å². The number of carbonyl (C=O) groups excluding carboxylic acids is 1. The van der Waals surface area contributed by atoms with Gasteiger partial charge >= 0.3 is 6.18 Å². The van der Waals surface area contributed by atoms with Gasteiger partial charge in [0.25, 0.3) is 0 Å². The smallest absolute Gasteiger partial charge is 0.416 e. The zero-order valence-corrected chi connectivity index (χ0v) is 10.2. The Morgan fingerprint density at radius 3 is 2.70 bits per heavy atom. The average molecular weight is 281 g/mol. The fourth-order valence-corrected chi connectivity index (χ4v) is 2.38. The summed E-state index contributed by atoms with van der Waals surface area (Å²) in [7, 11) is 0. The summed E-state index contributed by atoms with van der Waals surface area (Å²) in [5.74, 6) is -0.241. The van der Waals surface area contributed by atoms with Gasteiger partial charge < -0.3 is 9.73 Å². The van der Waals surface area contributed by atoms with Gasteiger partial charge in [0.2, 0.25) is 5.91 Å². The van der Waals surface area contributed by atoms with Crippen LogP contribution in [-0.4, -0.2) is 5.91 Å². The van der Waals surface area contributed by atoms with Gasteiger partial charge in [-0.2, -0.15) is 13.2 Å². The summed E-state index contributed by atoms with van der Waals surface area (Å²) in [5, 5.41) is 2.58. The number of hydrogen-bond donors (Lipinski definition) is 1. The highest BCUT2D eigenvalue weighted by Gasteiger charge is 2.34. The van der Waals surface area contributed by atoms with E-state index in [0.29, 0.717) is 17.0 Å². The summed E-state index contributed by atoms with van der Waals surface area (Å²) < 4.78 is 43.6. The number of halogens is 3. The first-order valence-electron chi connectivity index (χ1n) is 5.99. The number of alkyl halides is 3. The Morgan fingerprint density at radius 2 is 2.05 bits per heavy atom. The molecule has 2 aromatic rings. The van der Waals surface area contributed by atoms with E-state index in [-0.39, 0.29) is 12.3 Å². The SMILES string of the molecule is O=C1CC(c2ccco2)c2cc(C(F)(F)F)ccc2N1. The van der Waals surface area contributed by atoms with Gasteiger partial charge in [0.1, 0.15) is 5.76 Å². The highest BCUT2D eigenvalue weighted by molar-refractivity contribution is 5.95. The van der Waals surface area contributed by atoms with E-state index in [0.717, 1.165) is 12.1 Å². The van der Waals surface area contributed by atoms with E-state index in [9.17, 15) is 18.0 Å². The topological polar surface area (TPSA) is 42.2 Å². The molecule has 1 amide bonds. The third-order valence-corrected chi connectivity index (χ3v) is 3.30. The van der Waals surface area contributed by atoms with Gasteiger partial charge in [-0.1, -0.05) is 0 Å². The van der Waals surface area contributed by atoms with E-state index in [4.69, 9.17) is 4.42 Å². The van der Waals surface area contributed by atoms with Crippen LogP contribution in [-0.2, 0) is 11.0 Å². The second-order valence-electron chi connectivity index (χ2n) is 4.62. The molecule has 1 aliphatic heterocycles. The van der Waals surface area contributed by atoms with Crippen molar-refractivity contribution in [3.8, 4) is 0 Å². The number of hydrogen-bond acceptors (Lipinski definition) is 2. The molecular formula is C14H10F3NO2. The van der Waals surface area contributed by atoms with Crippen molar-refractivity contribution in [1.82, 2.24) is 0 Å². The van der Waals surface area contributed by atoms with Gasteiger partial charge in [0.05, 0.1) is 17.7 Å². The maximum absolute atomic E-state index is 12.8. The van der Waals surface area contributed by atoms with Gasteiger partial charge in [0, 0.05) is 12.1 Å². The lowest BCUT2D eigenvalue weighted by atomic mass is 9.87. The molecule has 1 unspecified atom stereocenters. The zero-order chi connectivity index (χ0) is 14.3. The molecule has 0 bridgehead atoms. The minimum Gasteiger partial charge on any atom is -0.469 e. The van der Waals surface area contributed by atoms with E-state index in [1.165, 1.54) is 12.3 Å². The fourth-order valence-electron chi connectivity index (χ4n) is 2.38. The van der Waals surface area contributed by atoms with Crippen molar-refractivity contribution < 1.29 is 22.4 Å². The van der Waals surface area contributed by atoms with Crippen LogP contribution in [0.25, 0.3) is 0 Å². The van der Waals surface area contributed by atoms with Crippen LogP contribution in [0.4, 0.5) is 18.9 Å². The summed E-state index contributed by atoms with van der Waals surface area (Å²) in [6.07, 6.45) is -2.90. The third-order valence-electron chi connectivity index (χ3n) is 3.30. The van der Waals surface area contributed by atoms with Crippen molar-refractivity contribution in [2.24, 2.45) is 0 Å². The van der Waals surface area contributed by atoms with Crippen LogP contribution in [0.15, 0.2) is 41.0 Å². The molecule has 0 saturated heterocycles. The first-order chi connectivity index (χ1) is 9.45. The van der Waals surface area contributed by atoms with Crippen molar-refractivity contribution >= 4 is 11.6 Å². The van der Waals surface area contributed by atoms with Crippen molar-refractivity contribution in [1.29, 1.82) is 0 Å². The normalized spacial score (nSPS) is 18.6. The van der Waals surface area contributed by atoms with Gasteiger partial charge in [-0.25, -0.2) is 0 Å². The van der Waals surface area contributed by atoms with Crippen molar-refractivity contribution in [2.45, 2.75) is 18.5 Å². The first kappa shape index (κ1) is 12.8. The van der Waals surface area contributed by atoms with Gasteiger partial charge in [-0.05, 0) is 35.9 Å². The zero-order valence-electron chi connectivity index (χ0n) is 10.2. The van der Waals surface area contributed by atoms with Crippen LogP contribution in [0.3, 0.4) is 0 Å². The highest BCUT2D eigenvalue weighted by Crippen LogP contribution is 2.40. The molecule has 1 aromatic heterocycles. The summed E-state index contributed by atoms with van der Waals surface area (Å²) >= 11 is 0. The molecule has 6 heteroatoms. The predicted molar refractivity (Wildman–Crippen MR) is 65.2 cm³/mol. The van der Waals surface area contributed by atoms with Crippen LogP contribution >= 0.6 is 0 Å². The molecule has 2 heterocycles. The second-order valence-corrected chi connectivity index (χ2v) is 4.62. The van der Waals surface area contributed by atoms with Crippen molar-refractivity contribution in [2.75, 3.05) is 5.32 Å². The van der Waals surface area contributed by atoms with Crippen LogP contribution in [0.5, 0.6) is 0 Å². The number of fused-ring (bicyclic) bond motifs is 1. The number of anilines is 1. The van der Waals surface area contributed by atoms with Crippen LogP contribution in [0, 0.1) is 0 Å².